The van der Waals surface area contributed by atoms with Crippen LogP contribution >= 0.6 is 0 Å². The molecule has 0 bridgehead atoms. The minimum Gasteiger partial charge on any atom is -0.459 e. The van der Waals surface area contributed by atoms with Crippen LogP contribution in [0.4, 0.5) is 13.2 Å². The molecule has 0 saturated heterocycles. The minimum absolute atomic E-state index is 0.0668. The molecule has 0 radical (unpaired) electrons. The van der Waals surface area contributed by atoms with Gasteiger partial charge in [0, 0.05) is 18.7 Å². The smallest absolute Gasteiger partial charge is 0.454 e. The molecule has 2 aromatic rings. The van der Waals surface area contributed by atoms with Gasteiger partial charge in [-0.3, -0.25) is 4.79 Å². The molecule has 1 unspecified atom stereocenters. The first-order valence-corrected chi connectivity index (χ1v) is 8.53. The number of hydrogen-bond acceptors (Lipinski definition) is 5. The van der Waals surface area contributed by atoms with Crippen molar-refractivity contribution >= 4 is 11.8 Å². The van der Waals surface area contributed by atoms with Crippen LogP contribution in [0.15, 0.2) is 66.9 Å². The Hall–Kier alpha value is -3.60. The Morgan fingerprint density at radius 1 is 1.07 bits per heavy atom. The molecule has 29 heavy (non-hydrogen) atoms. The van der Waals surface area contributed by atoms with Crippen molar-refractivity contribution in [3.05, 3.63) is 83.6 Å². The Balaban J connectivity index is 2.04. The number of nitrogens with one attached hydrogen (secondary N) is 1. The standard InChI is InChI=1S/C21H17F3N2O3/c22-21(23,24)19(27)10-11-26-18(12-15-4-2-1-3-5-15)20(28)29-14-17-8-6-16(13-25)7-9-17/h1-11,18,26H,12,14H2/b11-10+. The molecule has 150 valence electrons. The molecule has 8 heteroatoms. The molecule has 1 atom stereocenters. The molecule has 5 nitrogen and oxygen atoms in total. The Morgan fingerprint density at radius 3 is 2.31 bits per heavy atom. The second kappa shape index (κ2) is 10.1. The van der Waals surface area contributed by atoms with Crippen LogP contribution in [0.25, 0.3) is 0 Å². The monoisotopic (exact) mass is 402 g/mol. The van der Waals surface area contributed by atoms with Crippen molar-refractivity contribution in [1.82, 2.24) is 5.32 Å². The lowest BCUT2D eigenvalue weighted by Gasteiger charge is -2.17. The number of ketones is 1. The van der Waals surface area contributed by atoms with Gasteiger partial charge in [0.25, 0.3) is 5.78 Å². The van der Waals surface area contributed by atoms with E-state index in [0.717, 1.165) is 11.8 Å². The van der Waals surface area contributed by atoms with E-state index < -0.39 is 24.0 Å². The Kier molecular flexibility index (Phi) is 7.54. The summed E-state index contributed by atoms with van der Waals surface area (Å²) < 4.78 is 42.1. The molecular formula is C21H17F3N2O3. The number of ether oxygens (including phenoxy) is 1. The normalized spacial score (nSPS) is 12.2. The summed E-state index contributed by atoms with van der Waals surface area (Å²) in [6.07, 6.45) is -3.71. The van der Waals surface area contributed by atoms with E-state index in [4.69, 9.17) is 10.00 Å². The van der Waals surface area contributed by atoms with Gasteiger partial charge in [-0.15, -0.1) is 0 Å². The SMILES string of the molecule is N#Cc1ccc(COC(=O)C(Cc2ccccc2)N/C=C/C(=O)C(F)(F)F)cc1. The number of nitriles is 1. The molecule has 2 aromatic carbocycles. The van der Waals surface area contributed by atoms with E-state index in [1.807, 2.05) is 6.07 Å². The Labute approximate surface area is 165 Å². The van der Waals surface area contributed by atoms with Crippen LogP contribution in [0.1, 0.15) is 16.7 Å². The zero-order valence-corrected chi connectivity index (χ0v) is 15.1. The second-order valence-corrected chi connectivity index (χ2v) is 6.02. The third-order valence-electron chi connectivity index (χ3n) is 3.84. The van der Waals surface area contributed by atoms with Crippen LogP contribution < -0.4 is 5.32 Å². The van der Waals surface area contributed by atoms with Gasteiger partial charge in [0.05, 0.1) is 11.6 Å². The lowest BCUT2D eigenvalue weighted by atomic mass is 10.1. The highest BCUT2D eigenvalue weighted by Crippen LogP contribution is 2.16. The van der Waals surface area contributed by atoms with Gasteiger partial charge in [0.15, 0.2) is 0 Å². The fraction of sp³-hybridized carbons (Fsp3) is 0.190. The van der Waals surface area contributed by atoms with Crippen molar-refractivity contribution < 1.29 is 27.5 Å². The molecule has 0 aliphatic rings. The highest BCUT2D eigenvalue weighted by atomic mass is 19.4. The van der Waals surface area contributed by atoms with E-state index in [9.17, 15) is 22.8 Å². The summed E-state index contributed by atoms with van der Waals surface area (Å²) in [4.78, 5) is 23.4. The number of allylic oxidation sites excluding steroid dienone is 1. The zero-order valence-electron chi connectivity index (χ0n) is 15.1. The molecule has 0 aromatic heterocycles. The van der Waals surface area contributed by atoms with Gasteiger partial charge >= 0.3 is 12.1 Å². The summed E-state index contributed by atoms with van der Waals surface area (Å²) in [6, 6.07) is 16.2. The number of esters is 1. The van der Waals surface area contributed by atoms with Crippen molar-refractivity contribution in [2.75, 3.05) is 0 Å². The van der Waals surface area contributed by atoms with Crippen molar-refractivity contribution in [3.8, 4) is 6.07 Å². The predicted octanol–water partition coefficient (Wildman–Crippen LogP) is 3.45. The summed E-state index contributed by atoms with van der Waals surface area (Å²) >= 11 is 0. The van der Waals surface area contributed by atoms with Crippen molar-refractivity contribution in [2.45, 2.75) is 25.2 Å². The molecule has 2 rings (SSSR count). The molecule has 1 N–H and O–H groups in total. The number of rotatable bonds is 8. The number of carbonyl (C=O) groups is 2. The fourth-order valence-electron chi connectivity index (χ4n) is 2.33. The number of halogens is 3. The lowest BCUT2D eigenvalue weighted by molar-refractivity contribution is -0.165. The van der Waals surface area contributed by atoms with Gasteiger partial charge in [-0.05, 0) is 23.3 Å². The van der Waals surface area contributed by atoms with E-state index in [1.165, 1.54) is 0 Å². The van der Waals surface area contributed by atoms with Crippen LogP contribution in [0.2, 0.25) is 0 Å². The van der Waals surface area contributed by atoms with Gasteiger partial charge in [0.2, 0.25) is 0 Å². The second-order valence-electron chi connectivity index (χ2n) is 6.02. The Morgan fingerprint density at radius 2 is 1.72 bits per heavy atom. The summed E-state index contributed by atoms with van der Waals surface area (Å²) in [5, 5.41) is 11.3. The third kappa shape index (κ3) is 7.14. The van der Waals surface area contributed by atoms with Gasteiger partial charge in [0.1, 0.15) is 12.6 Å². The van der Waals surface area contributed by atoms with Crippen molar-refractivity contribution in [2.24, 2.45) is 0 Å². The molecule has 0 aliphatic heterocycles. The minimum atomic E-state index is -4.98. The number of nitrogens with zero attached hydrogens (tertiary/aromatic N) is 1. The molecule has 0 amide bonds. The first kappa shape index (κ1) is 21.7. The van der Waals surface area contributed by atoms with Crippen molar-refractivity contribution in [3.63, 3.8) is 0 Å². The van der Waals surface area contributed by atoms with E-state index in [-0.39, 0.29) is 13.0 Å². The summed E-state index contributed by atoms with van der Waals surface area (Å²) in [5.74, 6) is -2.73. The molecule has 0 heterocycles. The number of hydrogen-bond donors (Lipinski definition) is 1. The maximum atomic E-state index is 12.4. The summed E-state index contributed by atoms with van der Waals surface area (Å²) in [6.45, 7) is -0.0668. The number of alkyl halides is 3. The van der Waals surface area contributed by atoms with Crippen LogP contribution in [0.3, 0.4) is 0 Å². The average Bonchev–Trinajstić information content (AvgIpc) is 2.71. The predicted molar refractivity (Wildman–Crippen MR) is 98.2 cm³/mol. The third-order valence-corrected chi connectivity index (χ3v) is 3.84. The van der Waals surface area contributed by atoms with Crippen LogP contribution in [0, 0.1) is 11.3 Å². The van der Waals surface area contributed by atoms with E-state index in [1.54, 1.807) is 54.6 Å². The molecule has 0 saturated carbocycles. The van der Waals surface area contributed by atoms with Crippen LogP contribution in [-0.2, 0) is 27.4 Å². The maximum absolute atomic E-state index is 12.4. The lowest BCUT2D eigenvalue weighted by Crippen LogP contribution is -2.37. The topological polar surface area (TPSA) is 79.2 Å². The van der Waals surface area contributed by atoms with E-state index in [0.29, 0.717) is 17.2 Å². The van der Waals surface area contributed by atoms with Gasteiger partial charge in [-0.25, -0.2) is 4.79 Å². The van der Waals surface area contributed by atoms with E-state index >= 15 is 0 Å². The summed E-state index contributed by atoms with van der Waals surface area (Å²) in [5.41, 5.74) is 1.87. The molecule has 0 fully saturated rings. The van der Waals surface area contributed by atoms with Gasteiger partial charge < -0.3 is 10.1 Å². The van der Waals surface area contributed by atoms with Crippen molar-refractivity contribution in [1.29, 1.82) is 5.26 Å². The molecule has 0 aliphatic carbocycles. The largest absolute Gasteiger partial charge is 0.459 e. The van der Waals surface area contributed by atoms with Crippen LogP contribution in [0.5, 0.6) is 0 Å². The summed E-state index contributed by atoms with van der Waals surface area (Å²) in [7, 11) is 0. The van der Waals surface area contributed by atoms with Crippen LogP contribution in [-0.4, -0.2) is 24.0 Å². The highest BCUT2D eigenvalue weighted by Gasteiger charge is 2.36. The molecule has 0 spiro atoms. The highest BCUT2D eigenvalue weighted by molar-refractivity contribution is 5.94. The Bertz CT molecular complexity index is 902. The quantitative estimate of drug-likeness (QED) is 0.541. The fourth-order valence-corrected chi connectivity index (χ4v) is 2.33. The first-order valence-electron chi connectivity index (χ1n) is 8.53. The average molecular weight is 402 g/mol. The first-order chi connectivity index (χ1) is 13.8. The molecular weight excluding hydrogens is 385 g/mol. The number of carbonyl (C=O) groups excluding carboxylic acids is 2. The maximum Gasteiger partial charge on any atom is 0.454 e. The van der Waals surface area contributed by atoms with Gasteiger partial charge in [-0.2, -0.15) is 18.4 Å². The zero-order chi connectivity index (χ0) is 21.3. The van der Waals surface area contributed by atoms with Gasteiger partial charge in [-0.1, -0.05) is 42.5 Å². The number of benzene rings is 2. The van der Waals surface area contributed by atoms with E-state index in [2.05, 4.69) is 5.32 Å².